The summed E-state index contributed by atoms with van der Waals surface area (Å²) in [5.41, 5.74) is 1.24. The van der Waals surface area contributed by atoms with Crippen molar-refractivity contribution in [2.24, 2.45) is 0 Å². The van der Waals surface area contributed by atoms with Gasteiger partial charge >= 0.3 is 0 Å². The Bertz CT molecular complexity index is 391. The lowest BCUT2D eigenvalue weighted by Crippen LogP contribution is -2.32. The number of amides is 1. The van der Waals surface area contributed by atoms with Crippen LogP contribution in [0.15, 0.2) is 24.3 Å². The third kappa shape index (κ3) is 4.96. The molecule has 1 N–H and O–H groups in total. The summed E-state index contributed by atoms with van der Waals surface area (Å²) in [6.45, 7) is 6.82. The molecular formula is C14H20ClNO2. The van der Waals surface area contributed by atoms with Crippen LogP contribution in [0.4, 0.5) is 0 Å². The maximum atomic E-state index is 11.2. The Kier molecular flexibility index (Phi) is 5.99. The Morgan fingerprint density at radius 1 is 1.39 bits per heavy atom. The lowest BCUT2D eigenvalue weighted by atomic mass is 10.0. The second-order valence-electron chi connectivity index (χ2n) is 4.48. The number of hydrogen-bond acceptors (Lipinski definition) is 2. The van der Waals surface area contributed by atoms with Gasteiger partial charge in [0, 0.05) is 0 Å². The highest BCUT2D eigenvalue weighted by atomic mass is 35.5. The van der Waals surface area contributed by atoms with Crippen LogP contribution in [0.3, 0.4) is 0 Å². The van der Waals surface area contributed by atoms with Gasteiger partial charge in [0.1, 0.15) is 17.7 Å². The molecule has 0 aliphatic rings. The average molecular weight is 270 g/mol. The van der Waals surface area contributed by atoms with Crippen LogP contribution >= 0.6 is 11.6 Å². The lowest BCUT2D eigenvalue weighted by Gasteiger charge is -2.11. The molecule has 1 atom stereocenters. The number of alkyl halides is 1. The monoisotopic (exact) mass is 269 g/mol. The summed E-state index contributed by atoms with van der Waals surface area (Å²) >= 11 is 5.63. The van der Waals surface area contributed by atoms with E-state index in [1.165, 1.54) is 5.56 Å². The number of halogens is 1. The molecule has 0 bridgehead atoms. The third-order valence-corrected chi connectivity index (χ3v) is 2.75. The molecule has 0 spiro atoms. The predicted octanol–water partition coefficient (Wildman–Crippen LogP) is 2.93. The SMILES string of the molecule is CC(Cl)C(=O)NCCOc1cccc(C(C)C)c1. The Morgan fingerprint density at radius 3 is 2.72 bits per heavy atom. The first kappa shape index (κ1) is 14.8. The molecule has 0 saturated heterocycles. The zero-order chi connectivity index (χ0) is 13.5. The summed E-state index contributed by atoms with van der Waals surface area (Å²) in [5, 5.41) is 2.19. The Morgan fingerprint density at radius 2 is 2.11 bits per heavy atom. The van der Waals surface area contributed by atoms with Crippen molar-refractivity contribution in [3.05, 3.63) is 29.8 Å². The van der Waals surface area contributed by atoms with Crippen molar-refractivity contribution in [2.45, 2.75) is 32.1 Å². The highest BCUT2D eigenvalue weighted by molar-refractivity contribution is 6.30. The van der Waals surface area contributed by atoms with Crippen LogP contribution in [0.5, 0.6) is 5.75 Å². The molecule has 1 aromatic rings. The summed E-state index contributed by atoms with van der Waals surface area (Å²) in [6, 6.07) is 7.99. The fraction of sp³-hybridized carbons (Fsp3) is 0.500. The van der Waals surface area contributed by atoms with Crippen molar-refractivity contribution < 1.29 is 9.53 Å². The number of benzene rings is 1. The van der Waals surface area contributed by atoms with E-state index in [4.69, 9.17) is 16.3 Å². The molecule has 0 radical (unpaired) electrons. The van der Waals surface area contributed by atoms with E-state index in [-0.39, 0.29) is 5.91 Å². The molecule has 4 heteroatoms. The highest BCUT2D eigenvalue weighted by Crippen LogP contribution is 2.19. The lowest BCUT2D eigenvalue weighted by molar-refractivity contribution is -0.120. The van der Waals surface area contributed by atoms with Gasteiger partial charge in [-0.15, -0.1) is 11.6 Å². The molecule has 1 unspecified atom stereocenters. The molecule has 0 heterocycles. The summed E-state index contributed by atoms with van der Waals surface area (Å²) in [4.78, 5) is 11.2. The van der Waals surface area contributed by atoms with Gasteiger partial charge in [0.05, 0.1) is 6.54 Å². The minimum Gasteiger partial charge on any atom is -0.492 e. The molecular weight excluding hydrogens is 250 g/mol. The summed E-state index contributed by atoms with van der Waals surface area (Å²) in [7, 11) is 0. The zero-order valence-corrected chi connectivity index (χ0v) is 11.8. The zero-order valence-electron chi connectivity index (χ0n) is 11.1. The van der Waals surface area contributed by atoms with Crippen LogP contribution < -0.4 is 10.1 Å². The molecule has 3 nitrogen and oxygen atoms in total. The minimum atomic E-state index is -0.505. The average Bonchev–Trinajstić information content (AvgIpc) is 2.34. The molecule has 1 amide bonds. The second kappa shape index (κ2) is 7.27. The number of carbonyl (C=O) groups excluding carboxylic acids is 1. The Hall–Kier alpha value is -1.22. The van der Waals surface area contributed by atoms with E-state index in [2.05, 4.69) is 25.2 Å². The molecule has 0 aliphatic heterocycles. The predicted molar refractivity (Wildman–Crippen MR) is 74.4 cm³/mol. The van der Waals surface area contributed by atoms with Crippen LogP contribution in [0.2, 0.25) is 0 Å². The summed E-state index contributed by atoms with van der Waals surface area (Å²) in [6.07, 6.45) is 0. The normalized spacial score (nSPS) is 12.3. The molecule has 0 saturated carbocycles. The van der Waals surface area contributed by atoms with Gasteiger partial charge in [0.2, 0.25) is 5.91 Å². The molecule has 0 fully saturated rings. The van der Waals surface area contributed by atoms with Crippen LogP contribution in [0.25, 0.3) is 0 Å². The van der Waals surface area contributed by atoms with Crippen LogP contribution in [-0.4, -0.2) is 24.4 Å². The number of ether oxygens (including phenoxy) is 1. The number of rotatable bonds is 6. The smallest absolute Gasteiger partial charge is 0.237 e. The fourth-order valence-electron chi connectivity index (χ4n) is 1.45. The van der Waals surface area contributed by atoms with Gasteiger partial charge in [-0.25, -0.2) is 0 Å². The van der Waals surface area contributed by atoms with Gasteiger partial charge in [-0.05, 0) is 30.5 Å². The molecule has 0 aliphatic carbocycles. The van der Waals surface area contributed by atoms with Gasteiger partial charge in [-0.3, -0.25) is 4.79 Å². The quantitative estimate of drug-likeness (QED) is 0.637. The first-order valence-corrected chi connectivity index (χ1v) is 6.59. The highest BCUT2D eigenvalue weighted by Gasteiger charge is 2.07. The number of carbonyl (C=O) groups is 1. The van der Waals surface area contributed by atoms with Crippen molar-refractivity contribution in [3.8, 4) is 5.75 Å². The topological polar surface area (TPSA) is 38.3 Å². The third-order valence-electron chi connectivity index (χ3n) is 2.56. The van der Waals surface area contributed by atoms with Crippen molar-refractivity contribution in [1.82, 2.24) is 5.32 Å². The maximum absolute atomic E-state index is 11.2. The van der Waals surface area contributed by atoms with Gasteiger partial charge in [-0.2, -0.15) is 0 Å². The molecule has 1 aromatic carbocycles. The first-order valence-electron chi connectivity index (χ1n) is 6.15. The fourth-order valence-corrected chi connectivity index (χ4v) is 1.52. The van der Waals surface area contributed by atoms with E-state index < -0.39 is 5.38 Å². The number of nitrogens with one attached hydrogen (secondary N) is 1. The van der Waals surface area contributed by atoms with Gasteiger partial charge in [0.25, 0.3) is 0 Å². The standard InChI is InChI=1S/C14H20ClNO2/c1-10(2)12-5-4-6-13(9-12)18-8-7-16-14(17)11(3)15/h4-6,9-11H,7-8H2,1-3H3,(H,16,17). The van der Waals surface area contributed by atoms with E-state index in [1.807, 2.05) is 18.2 Å². The van der Waals surface area contributed by atoms with Crippen LogP contribution in [0, 0.1) is 0 Å². The van der Waals surface area contributed by atoms with Crippen molar-refractivity contribution >= 4 is 17.5 Å². The van der Waals surface area contributed by atoms with E-state index in [0.717, 1.165) is 5.75 Å². The molecule has 18 heavy (non-hydrogen) atoms. The van der Waals surface area contributed by atoms with Gasteiger partial charge in [0.15, 0.2) is 0 Å². The van der Waals surface area contributed by atoms with Crippen LogP contribution in [0.1, 0.15) is 32.3 Å². The van der Waals surface area contributed by atoms with E-state index in [1.54, 1.807) is 6.92 Å². The maximum Gasteiger partial charge on any atom is 0.237 e. The molecule has 0 aromatic heterocycles. The Balaban J connectivity index is 2.35. The van der Waals surface area contributed by atoms with E-state index in [0.29, 0.717) is 19.1 Å². The second-order valence-corrected chi connectivity index (χ2v) is 5.14. The van der Waals surface area contributed by atoms with E-state index in [9.17, 15) is 4.79 Å². The van der Waals surface area contributed by atoms with Crippen molar-refractivity contribution in [3.63, 3.8) is 0 Å². The summed E-state index contributed by atoms with van der Waals surface area (Å²) in [5.74, 6) is 1.14. The van der Waals surface area contributed by atoms with E-state index >= 15 is 0 Å². The largest absolute Gasteiger partial charge is 0.492 e. The minimum absolute atomic E-state index is 0.170. The Labute approximate surface area is 113 Å². The molecule has 100 valence electrons. The van der Waals surface area contributed by atoms with Gasteiger partial charge in [-0.1, -0.05) is 26.0 Å². The molecule has 1 rings (SSSR count). The van der Waals surface area contributed by atoms with Gasteiger partial charge < -0.3 is 10.1 Å². The number of hydrogen-bond donors (Lipinski definition) is 1. The van der Waals surface area contributed by atoms with Crippen molar-refractivity contribution in [1.29, 1.82) is 0 Å². The first-order chi connectivity index (χ1) is 8.50. The summed E-state index contributed by atoms with van der Waals surface area (Å²) < 4.78 is 5.57. The van der Waals surface area contributed by atoms with Crippen LogP contribution in [-0.2, 0) is 4.79 Å². The van der Waals surface area contributed by atoms with Crippen molar-refractivity contribution in [2.75, 3.05) is 13.2 Å².